The normalized spacial score (nSPS) is 44.4. The standard InChI is InChI=1S/C29H44N2O3/c1-18(6-9-26(34)31-20-5-4-14-30-17-20)22-7-8-23-27-24(11-13-29(22,23)3)28(2)12-10-21(32)15-19(28)16-25(27)33/h4-5,14,17-19,21-25,27,32-33H,6-13,15-16H2,1-3H3,(H,31,34)/t18-,19-,21-,22+,23-,24-,25+,27-,28+,29-/m1/s1. The van der Waals surface area contributed by atoms with Crippen LogP contribution in [-0.4, -0.2) is 33.3 Å². The van der Waals surface area contributed by atoms with Crippen molar-refractivity contribution in [3.05, 3.63) is 24.5 Å². The molecule has 0 aromatic carbocycles. The molecule has 1 aromatic heterocycles. The summed E-state index contributed by atoms with van der Waals surface area (Å²) in [4.78, 5) is 16.6. The Balaban J connectivity index is 1.25. The smallest absolute Gasteiger partial charge is 0.224 e. The average molecular weight is 469 g/mol. The van der Waals surface area contributed by atoms with Crippen molar-refractivity contribution in [2.75, 3.05) is 5.32 Å². The van der Waals surface area contributed by atoms with Crippen LogP contribution in [0.2, 0.25) is 0 Å². The summed E-state index contributed by atoms with van der Waals surface area (Å²) in [7, 11) is 0. The highest BCUT2D eigenvalue weighted by atomic mass is 16.3. The van der Waals surface area contributed by atoms with Crippen molar-refractivity contribution in [2.45, 2.75) is 97.2 Å². The summed E-state index contributed by atoms with van der Waals surface area (Å²) in [6.45, 7) is 7.33. The van der Waals surface area contributed by atoms with E-state index in [4.69, 9.17) is 0 Å². The summed E-state index contributed by atoms with van der Waals surface area (Å²) in [6.07, 6.45) is 13.1. The third-order valence-electron chi connectivity index (χ3n) is 11.2. The zero-order valence-corrected chi connectivity index (χ0v) is 21.2. The average Bonchev–Trinajstić information content (AvgIpc) is 3.16. The van der Waals surface area contributed by atoms with Gasteiger partial charge in [-0.3, -0.25) is 9.78 Å². The second-order valence-corrected chi connectivity index (χ2v) is 12.8. The van der Waals surface area contributed by atoms with Gasteiger partial charge in [0.2, 0.25) is 5.91 Å². The largest absolute Gasteiger partial charge is 0.393 e. The second-order valence-electron chi connectivity index (χ2n) is 12.8. The number of aliphatic hydroxyl groups excluding tert-OH is 2. The first kappa shape index (κ1) is 24.2. The summed E-state index contributed by atoms with van der Waals surface area (Å²) in [6, 6.07) is 3.72. The zero-order valence-electron chi connectivity index (χ0n) is 21.2. The molecule has 5 heteroatoms. The van der Waals surface area contributed by atoms with E-state index < -0.39 is 0 Å². The molecule has 1 amide bonds. The Morgan fingerprint density at radius 3 is 2.65 bits per heavy atom. The van der Waals surface area contributed by atoms with Gasteiger partial charge in [-0.1, -0.05) is 20.8 Å². The first-order chi connectivity index (χ1) is 16.2. The Labute approximate surface area is 205 Å². The van der Waals surface area contributed by atoms with Crippen LogP contribution in [0.15, 0.2) is 24.5 Å². The molecule has 1 heterocycles. The van der Waals surface area contributed by atoms with Crippen LogP contribution in [0.3, 0.4) is 0 Å². The Morgan fingerprint density at radius 1 is 1.12 bits per heavy atom. The summed E-state index contributed by atoms with van der Waals surface area (Å²) in [5.41, 5.74) is 1.30. The minimum absolute atomic E-state index is 0.0735. The number of fused-ring (bicyclic) bond motifs is 5. The molecule has 4 aliphatic rings. The van der Waals surface area contributed by atoms with E-state index in [0.717, 1.165) is 37.8 Å². The van der Waals surface area contributed by atoms with E-state index in [1.165, 1.54) is 25.7 Å². The summed E-state index contributed by atoms with van der Waals surface area (Å²) in [5.74, 6) is 3.24. The number of aliphatic hydroxyl groups is 2. The Morgan fingerprint density at radius 2 is 1.88 bits per heavy atom. The number of aromatic nitrogens is 1. The lowest BCUT2D eigenvalue weighted by atomic mass is 9.43. The van der Waals surface area contributed by atoms with Crippen LogP contribution in [0.25, 0.3) is 0 Å². The first-order valence-corrected chi connectivity index (χ1v) is 13.8. The Bertz CT molecular complexity index is 877. The van der Waals surface area contributed by atoms with Gasteiger partial charge in [-0.05, 0) is 116 Å². The molecule has 0 radical (unpaired) electrons. The Hall–Kier alpha value is -1.46. The fourth-order valence-electron chi connectivity index (χ4n) is 9.40. The maximum absolute atomic E-state index is 12.5. The summed E-state index contributed by atoms with van der Waals surface area (Å²) in [5, 5.41) is 24.7. The summed E-state index contributed by atoms with van der Waals surface area (Å²) >= 11 is 0. The number of hydrogen-bond donors (Lipinski definition) is 3. The van der Waals surface area contributed by atoms with Gasteiger partial charge in [0, 0.05) is 12.6 Å². The molecule has 3 N–H and O–H groups in total. The predicted octanol–water partition coefficient (Wildman–Crippen LogP) is 5.43. The third kappa shape index (κ3) is 4.11. The highest BCUT2D eigenvalue weighted by Gasteiger charge is 2.62. The summed E-state index contributed by atoms with van der Waals surface area (Å²) < 4.78 is 0. The minimum atomic E-state index is -0.225. The van der Waals surface area contributed by atoms with E-state index in [2.05, 4.69) is 31.1 Å². The van der Waals surface area contributed by atoms with Crippen molar-refractivity contribution in [2.24, 2.45) is 46.3 Å². The van der Waals surface area contributed by atoms with Crippen LogP contribution >= 0.6 is 0 Å². The number of pyridine rings is 1. The number of nitrogens with zero attached hydrogens (tertiary/aromatic N) is 1. The van der Waals surface area contributed by atoms with E-state index in [1.807, 2.05) is 12.1 Å². The molecule has 5 rings (SSSR count). The van der Waals surface area contributed by atoms with Gasteiger partial charge in [0.05, 0.1) is 24.1 Å². The van der Waals surface area contributed by atoms with Gasteiger partial charge in [0.25, 0.3) is 0 Å². The van der Waals surface area contributed by atoms with Crippen molar-refractivity contribution in [1.29, 1.82) is 0 Å². The molecule has 4 aliphatic carbocycles. The molecular weight excluding hydrogens is 424 g/mol. The van der Waals surface area contributed by atoms with E-state index in [1.54, 1.807) is 12.4 Å². The van der Waals surface area contributed by atoms with Crippen molar-refractivity contribution < 1.29 is 15.0 Å². The minimum Gasteiger partial charge on any atom is -0.393 e. The van der Waals surface area contributed by atoms with Crippen LogP contribution in [-0.2, 0) is 4.79 Å². The highest BCUT2D eigenvalue weighted by Crippen LogP contribution is 2.68. The van der Waals surface area contributed by atoms with Crippen molar-refractivity contribution in [3.63, 3.8) is 0 Å². The van der Waals surface area contributed by atoms with Crippen LogP contribution in [0.5, 0.6) is 0 Å². The number of amides is 1. The van der Waals surface area contributed by atoms with E-state index >= 15 is 0 Å². The fraction of sp³-hybridized carbons (Fsp3) is 0.793. The van der Waals surface area contributed by atoms with E-state index in [-0.39, 0.29) is 28.9 Å². The lowest BCUT2D eigenvalue weighted by Gasteiger charge is -2.62. The quantitative estimate of drug-likeness (QED) is 0.538. The number of nitrogens with one attached hydrogen (secondary N) is 1. The number of carbonyl (C=O) groups excluding carboxylic acids is 1. The highest BCUT2D eigenvalue weighted by molar-refractivity contribution is 5.90. The van der Waals surface area contributed by atoms with Gasteiger partial charge in [0.15, 0.2) is 0 Å². The SMILES string of the molecule is C[C@H](CCC(=O)Nc1cccnc1)[C@@H]1CC[C@@H]2[C@@H]3[C@@H](CC[C@@]21C)[C@@]1(C)CC[C@@H](O)C[C@@H]1C[C@@H]3O. The molecule has 34 heavy (non-hydrogen) atoms. The molecule has 10 atom stereocenters. The fourth-order valence-corrected chi connectivity index (χ4v) is 9.40. The molecule has 0 aliphatic heterocycles. The maximum Gasteiger partial charge on any atom is 0.224 e. The molecular formula is C29H44N2O3. The topological polar surface area (TPSA) is 82.5 Å². The van der Waals surface area contributed by atoms with Gasteiger partial charge in [-0.25, -0.2) is 0 Å². The maximum atomic E-state index is 12.5. The van der Waals surface area contributed by atoms with Crippen LogP contribution in [0.1, 0.15) is 85.0 Å². The lowest BCUT2D eigenvalue weighted by molar-refractivity contribution is -0.174. The third-order valence-corrected chi connectivity index (χ3v) is 11.2. The van der Waals surface area contributed by atoms with Crippen LogP contribution in [0, 0.1) is 46.3 Å². The van der Waals surface area contributed by atoms with Crippen LogP contribution in [0.4, 0.5) is 5.69 Å². The van der Waals surface area contributed by atoms with Crippen molar-refractivity contribution >= 4 is 11.6 Å². The zero-order chi connectivity index (χ0) is 24.1. The number of anilines is 1. The van der Waals surface area contributed by atoms with E-state index in [0.29, 0.717) is 41.9 Å². The molecule has 4 saturated carbocycles. The van der Waals surface area contributed by atoms with Crippen molar-refractivity contribution in [1.82, 2.24) is 4.98 Å². The molecule has 5 nitrogen and oxygen atoms in total. The monoisotopic (exact) mass is 468 g/mol. The van der Waals surface area contributed by atoms with Gasteiger partial charge >= 0.3 is 0 Å². The molecule has 0 unspecified atom stereocenters. The lowest BCUT2D eigenvalue weighted by Crippen LogP contribution is -2.58. The van der Waals surface area contributed by atoms with Crippen molar-refractivity contribution in [3.8, 4) is 0 Å². The van der Waals surface area contributed by atoms with E-state index in [9.17, 15) is 15.0 Å². The molecule has 188 valence electrons. The first-order valence-electron chi connectivity index (χ1n) is 13.8. The number of carbonyl (C=O) groups is 1. The van der Waals surface area contributed by atoms with Crippen LogP contribution < -0.4 is 5.32 Å². The Kier molecular flexibility index (Phi) is 6.56. The number of rotatable bonds is 5. The van der Waals surface area contributed by atoms with Gasteiger partial charge in [-0.2, -0.15) is 0 Å². The molecule has 0 saturated heterocycles. The van der Waals surface area contributed by atoms with Gasteiger partial charge in [-0.15, -0.1) is 0 Å². The molecule has 4 fully saturated rings. The van der Waals surface area contributed by atoms with Gasteiger partial charge in [0.1, 0.15) is 0 Å². The molecule has 1 aromatic rings. The predicted molar refractivity (Wildman–Crippen MR) is 134 cm³/mol. The number of hydrogen-bond acceptors (Lipinski definition) is 4. The van der Waals surface area contributed by atoms with Gasteiger partial charge < -0.3 is 15.5 Å². The molecule has 0 bridgehead atoms. The molecule has 0 spiro atoms. The second kappa shape index (κ2) is 9.20.